The second-order valence-electron chi connectivity index (χ2n) is 6.50. The summed E-state index contributed by atoms with van der Waals surface area (Å²) in [4.78, 5) is 14.1. The number of unbranched alkanes of at least 4 members (excludes halogenated alkanes) is 1. The summed E-state index contributed by atoms with van der Waals surface area (Å²) in [6.45, 7) is 8.35. The Morgan fingerprint density at radius 3 is 2.65 bits per heavy atom. The molecule has 1 fully saturated rings. The van der Waals surface area contributed by atoms with Gasteiger partial charge in [0.15, 0.2) is 0 Å². The molecule has 20 heavy (non-hydrogen) atoms. The molecular weight excluding hydrogens is 252 g/mol. The van der Waals surface area contributed by atoms with E-state index in [-0.39, 0.29) is 11.3 Å². The molecule has 0 saturated heterocycles. The summed E-state index contributed by atoms with van der Waals surface area (Å²) in [6, 6.07) is 0.316. The second-order valence-corrected chi connectivity index (χ2v) is 6.50. The Labute approximate surface area is 124 Å². The zero-order chi connectivity index (χ0) is 15.2. The highest BCUT2D eigenvalue weighted by atomic mass is 16.5. The van der Waals surface area contributed by atoms with Gasteiger partial charge in [-0.1, -0.05) is 27.2 Å². The number of hydrogen-bond donors (Lipinski definition) is 1. The first-order chi connectivity index (χ1) is 9.45. The van der Waals surface area contributed by atoms with Crippen LogP contribution < -0.4 is 5.32 Å². The van der Waals surface area contributed by atoms with E-state index >= 15 is 0 Å². The van der Waals surface area contributed by atoms with E-state index in [4.69, 9.17) is 4.74 Å². The minimum atomic E-state index is 0.0706. The molecule has 0 bridgehead atoms. The van der Waals surface area contributed by atoms with Crippen LogP contribution in [0.1, 0.15) is 52.9 Å². The molecule has 0 aliphatic heterocycles. The van der Waals surface area contributed by atoms with Crippen molar-refractivity contribution in [3.8, 4) is 0 Å². The maximum Gasteiger partial charge on any atom is 0.222 e. The number of carbonyl (C=O) groups excluding carboxylic acids is 1. The van der Waals surface area contributed by atoms with E-state index in [1.165, 1.54) is 6.42 Å². The lowest BCUT2D eigenvalue weighted by Crippen LogP contribution is -2.62. The van der Waals surface area contributed by atoms with Crippen LogP contribution in [0.5, 0.6) is 0 Å². The summed E-state index contributed by atoms with van der Waals surface area (Å²) in [7, 11) is 3.86. The third-order valence-corrected chi connectivity index (χ3v) is 4.62. The van der Waals surface area contributed by atoms with Gasteiger partial charge in [0.05, 0.1) is 6.10 Å². The fourth-order valence-corrected chi connectivity index (χ4v) is 2.94. The van der Waals surface area contributed by atoms with Crippen LogP contribution in [0.15, 0.2) is 0 Å². The van der Waals surface area contributed by atoms with Gasteiger partial charge in [-0.05, 0) is 32.9 Å². The average Bonchev–Trinajstić information content (AvgIpc) is 2.41. The first-order valence-corrected chi connectivity index (χ1v) is 7.97. The molecule has 0 aromatic rings. The Morgan fingerprint density at radius 1 is 1.40 bits per heavy atom. The quantitative estimate of drug-likeness (QED) is 0.661. The molecule has 4 nitrogen and oxygen atoms in total. The van der Waals surface area contributed by atoms with Gasteiger partial charge in [-0.2, -0.15) is 0 Å². The van der Waals surface area contributed by atoms with Crippen molar-refractivity contribution in [1.29, 1.82) is 0 Å². The second kappa shape index (κ2) is 7.99. The van der Waals surface area contributed by atoms with E-state index in [2.05, 4.69) is 26.1 Å². The first kappa shape index (κ1) is 17.4. The van der Waals surface area contributed by atoms with Crippen molar-refractivity contribution in [3.63, 3.8) is 0 Å². The van der Waals surface area contributed by atoms with E-state index < -0.39 is 0 Å². The van der Waals surface area contributed by atoms with Crippen molar-refractivity contribution >= 4 is 5.91 Å². The van der Waals surface area contributed by atoms with E-state index in [0.717, 1.165) is 32.4 Å². The molecule has 0 heterocycles. The predicted molar refractivity (Wildman–Crippen MR) is 82.8 cm³/mol. The molecule has 1 N–H and O–H groups in total. The standard InChI is InChI=1S/C16H32N2O2/c1-6-7-11-20-14-12-13(16(14,2)3)18(5)15(19)9-8-10-17-4/h13-14,17H,6-12H2,1-5H3. The third kappa shape index (κ3) is 4.19. The number of hydrogen-bond acceptors (Lipinski definition) is 3. The average molecular weight is 284 g/mol. The van der Waals surface area contributed by atoms with Crippen molar-refractivity contribution in [2.45, 2.75) is 65.0 Å². The number of nitrogens with zero attached hydrogens (tertiary/aromatic N) is 1. The molecule has 118 valence electrons. The first-order valence-electron chi connectivity index (χ1n) is 7.97. The normalized spacial score (nSPS) is 24.2. The van der Waals surface area contributed by atoms with Gasteiger partial charge in [-0.3, -0.25) is 4.79 Å². The van der Waals surface area contributed by atoms with Gasteiger partial charge in [0.2, 0.25) is 5.91 Å². The molecular formula is C16H32N2O2. The fourth-order valence-electron chi connectivity index (χ4n) is 2.94. The molecule has 0 radical (unpaired) electrons. The molecule has 2 unspecified atom stereocenters. The number of amides is 1. The summed E-state index contributed by atoms with van der Waals surface area (Å²) < 4.78 is 5.94. The van der Waals surface area contributed by atoms with Gasteiger partial charge in [0, 0.05) is 31.5 Å². The minimum absolute atomic E-state index is 0.0706. The van der Waals surface area contributed by atoms with Gasteiger partial charge in [-0.15, -0.1) is 0 Å². The molecule has 1 aliphatic carbocycles. The number of carbonyl (C=O) groups is 1. The molecule has 1 saturated carbocycles. The predicted octanol–water partition coefficient (Wildman–Crippen LogP) is 2.43. The van der Waals surface area contributed by atoms with Crippen LogP contribution in [-0.2, 0) is 9.53 Å². The maximum atomic E-state index is 12.2. The highest BCUT2D eigenvalue weighted by Crippen LogP contribution is 2.45. The minimum Gasteiger partial charge on any atom is -0.378 e. The molecule has 1 rings (SSSR count). The van der Waals surface area contributed by atoms with Crippen molar-refractivity contribution in [3.05, 3.63) is 0 Å². The third-order valence-electron chi connectivity index (χ3n) is 4.62. The van der Waals surface area contributed by atoms with Crippen LogP contribution in [0.25, 0.3) is 0 Å². The van der Waals surface area contributed by atoms with Gasteiger partial charge in [0.25, 0.3) is 0 Å². The van der Waals surface area contributed by atoms with Gasteiger partial charge in [0.1, 0.15) is 0 Å². The molecule has 0 spiro atoms. The van der Waals surface area contributed by atoms with Crippen LogP contribution in [0, 0.1) is 5.41 Å². The molecule has 0 aromatic heterocycles. The topological polar surface area (TPSA) is 41.6 Å². The van der Waals surface area contributed by atoms with Crippen molar-refractivity contribution in [1.82, 2.24) is 10.2 Å². The van der Waals surface area contributed by atoms with Crippen LogP contribution in [0.3, 0.4) is 0 Å². The Balaban J connectivity index is 2.39. The Morgan fingerprint density at radius 2 is 2.10 bits per heavy atom. The smallest absolute Gasteiger partial charge is 0.222 e. The van der Waals surface area contributed by atoms with Gasteiger partial charge >= 0.3 is 0 Å². The molecule has 2 atom stereocenters. The monoisotopic (exact) mass is 284 g/mol. The van der Waals surface area contributed by atoms with E-state index in [9.17, 15) is 4.79 Å². The van der Waals surface area contributed by atoms with Gasteiger partial charge in [-0.25, -0.2) is 0 Å². The van der Waals surface area contributed by atoms with E-state index in [1.807, 2.05) is 19.0 Å². The SMILES string of the molecule is CCCCOC1CC(N(C)C(=O)CCCNC)C1(C)C. The van der Waals surface area contributed by atoms with Crippen molar-refractivity contribution < 1.29 is 9.53 Å². The zero-order valence-corrected chi connectivity index (χ0v) is 13.9. The zero-order valence-electron chi connectivity index (χ0n) is 13.9. The Bertz CT molecular complexity index is 305. The van der Waals surface area contributed by atoms with E-state index in [1.54, 1.807) is 0 Å². The molecule has 0 aromatic carbocycles. The molecule has 4 heteroatoms. The largest absolute Gasteiger partial charge is 0.378 e. The summed E-state index contributed by atoms with van der Waals surface area (Å²) >= 11 is 0. The Kier molecular flexibility index (Phi) is 6.96. The number of rotatable bonds is 9. The van der Waals surface area contributed by atoms with E-state index in [0.29, 0.717) is 18.6 Å². The lowest BCUT2D eigenvalue weighted by molar-refractivity contribution is -0.164. The number of nitrogens with one attached hydrogen (secondary N) is 1. The lowest BCUT2D eigenvalue weighted by Gasteiger charge is -2.55. The summed E-state index contributed by atoms with van der Waals surface area (Å²) in [5.41, 5.74) is 0.0706. The van der Waals surface area contributed by atoms with Crippen LogP contribution in [-0.4, -0.2) is 50.2 Å². The van der Waals surface area contributed by atoms with Crippen molar-refractivity contribution in [2.75, 3.05) is 27.2 Å². The highest BCUT2D eigenvalue weighted by Gasteiger charge is 2.51. The van der Waals surface area contributed by atoms with Crippen LogP contribution in [0.2, 0.25) is 0 Å². The van der Waals surface area contributed by atoms with Crippen LogP contribution >= 0.6 is 0 Å². The maximum absolute atomic E-state index is 12.2. The summed E-state index contributed by atoms with van der Waals surface area (Å²) in [6.07, 6.45) is 5.10. The fraction of sp³-hybridized carbons (Fsp3) is 0.938. The lowest BCUT2D eigenvalue weighted by atomic mass is 9.63. The highest BCUT2D eigenvalue weighted by molar-refractivity contribution is 5.76. The molecule has 1 aliphatic rings. The summed E-state index contributed by atoms with van der Waals surface area (Å²) in [5.74, 6) is 0.255. The van der Waals surface area contributed by atoms with Crippen LogP contribution in [0.4, 0.5) is 0 Å². The van der Waals surface area contributed by atoms with Crippen molar-refractivity contribution in [2.24, 2.45) is 5.41 Å². The number of ether oxygens (including phenoxy) is 1. The summed E-state index contributed by atoms with van der Waals surface area (Å²) in [5, 5.41) is 3.08. The van der Waals surface area contributed by atoms with Gasteiger partial charge < -0.3 is 15.0 Å². The molecule has 1 amide bonds. The Hall–Kier alpha value is -0.610.